The Morgan fingerprint density at radius 3 is 1.62 bits per heavy atom. The molecule has 0 spiro atoms. The molecule has 1 rings (SSSR count). The van der Waals surface area contributed by atoms with Crippen molar-refractivity contribution in [1.29, 1.82) is 0 Å². The molecule has 0 fully saturated rings. The molecule has 5 nitrogen and oxygen atoms in total. The van der Waals surface area contributed by atoms with Gasteiger partial charge in [0.2, 0.25) is 0 Å². The van der Waals surface area contributed by atoms with Gasteiger partial charge in [0.05, 0.1) is 10.9 Å². The van der Waals surface area contributed by atoms with Crippen molar-refractivity contribution in [3.05, 3.63) is 37.9 Å². The van der Waals surface area contributed by atoms with Crippen molar-refractivity contribution in [2.75, 3.05) is 0 Å². The van der Waals surface area contributed by atoms with E-state index in [0.717, 1.165) is 0 Å². The van der Waals surface area contributed by atoms with Gasteiger partial charge in [0, 0.05) is 16.7 Å². The Morgan fingerprint density at radius 2 is 1.38 bits per heavy atom. The second-order valence-corrected chi connectivity index (χ2v) is 3.77. The molecule has 16 heavy (non-hydrogen) atoms. The van der Waals surface area contributed by atoms with Crippen LogP contribution in [0, 0.1) is 37.8 Å². The molecule has 0 aliphatic carbocycles. The molecule has 0 heterocycles. The van der Waals surface area contributed by atoms with Crippen LogP contribution in [-0.2, 0) is 0 Å². The Kier molecular flexibility index (Phi) is 2.98. The summed E-state index contributed by atoms with van der Waals surface area (Å²) < 4.78 is 0. The van der Waals surface area contributed by atoms with Crippen molar-refractivity contribution in [3.63, 3.8) is 0 Å². The number of benzene rings is 1. The largest absolute Gasteiger partial charge is 0.545 e. The van der Waals surface area contributed by atoms with Crippen LogP contribution in [0.5, 0.6) is 0 Å². The number of carboxylic acid groups (broad SMARTS) is 1. The number of nitrogens with zero attached hydrogens (tertiary/aromatic N) is 1. The van der Waals surface area contributed by atoms with Crippen LogP contribution < -0.4 is 5.11 Å². The third-order valence-corrected chi connectivity index (χ3v) is 2.97. The Balaban J connectivity index is 3.77. The lowest BCUT2D eigenvalue weighted by Gasteiger charge is -2.16. The monoisotopic (exact) mass is 222 g/mol. The van der Waals surface area contributed by atoms with Gasteiger partial charge in [-0.3, -0.25) is 10.1 Å². The minimum absolute atomic E-state index is 0.0139. The smallest absolute Gasteiger partial charge is 0.275 e. The van der Waals surface area contributed by atoms with Gasteiger partial charge < -0.3 is 9.90 Å². The lowest BCUT2D eigenvalue weighted by atomic mass is 9.92. The van der Waals surface area contributed by atoms with E-state index in [9.17, 15) is 20.0 Å². The Bertz CT molecular complexity index is 417. The van der Waals surface area contributed by atoms with Gasteiger partial charge in [0.25, 0.3) is 5.69 Å². The Hall–Kier alpha value is -1.91. The minimum atomic E-state index is -1.30. The van der Waals surface area contributed by atoms with Gasteiger partial charge >= 0.3 is 0 Å². The van der Waals surface area contributed by atoms with Crippen molar-refractivity contribution >= 4 is 11.7 Å². The van der Waals surface area contributed by atoms with E-state index in [1.807, 2.05) is 0 Å². The first-order valence-electron chi connectivity index (χ1n) is 4.75. The standard InChI is InChI=1S/C11H13NO4/c1-5-7(3)10(12(15)16)8(4)6(2)9(5)11(13)14/h1-4H3,(H,13,14)/p-1. The third-order valence-electron chi connectivity index (χ3n) is 2.97. The van der Waals surface area contributed by atoms with Gasteiger partial charge in [0.15, 0.2) is 0 Å². The highest BCUT2D eigenvalue weighted by Gasteiger charge is 2.22. The molecule has 1 aromatic carbocycles. The van der Waals surface area contributed by atoms with Crippen molar-refractivity contribution in [2.45, 2.75) is 27.7 Å². The summed E-state index contributed by atoms with van der Waals surface area (Å²) in [7, 11) is 0. The lowest BCUT2D eigenvalue weighted by molar-refractivity contribution is -0.386. The van der Waals surface area contributed by atoms with Gasteiger partial charge in [-0.2, -0.15) is 0 Å². The fourth-order valence-electron chi connectivity index (χ4n) is 1.87. The molecule has 86 valence electrons. The summed E-state index contributed by atoms with van der Waals surface area (Å²) in [6.07, 6.45) is 0. The molecule has 5 heteroatoms. The molecule has 0 aromatic heterocycles. The molecule has 0 atom stereocenters. The van der Waals surface area contributed by atoms with Crippen LogP contribution in [0.3, 0.4) is 0 Å². The molecule has 0 unspecified atom stereocenters. The van der Waals surface area contributed by atoms with Crippen molar-refractivity contribution in [1.82, 2.24) is 0 Å². The predicted molar refractivity (Wildman–Crippen MR) is 56.4 cm³/mol. The number of hydrogen-bond donors (Lipinski definition) is 0. The highest BCUT2D eigenvalue weighted by Crippen LogP contribution is 2.31. The van der Waals surface area contributed by atoms with Crippen molar-refractivity contribution in [2.24, 2.45) is 0 Å². The molecule has 0 aliphatic heterocycles. The van der Waals surface area contributed by atoms with E-state index in [1.54, 1.807) is 27.7 Å². The number of carbonyl (C=O) groups is 1. The van der Waals surface area contributed by atoms with Crippen molar-refractivity contribution < 1.29 is 14.8 Å². The third kappa shape index (κ3) is 1.64. The molecular formula is C11H12NO4-. The lowest BCUT2D eigenvalue weighted by Crippen LogP contribution is -2.25. The van der Waals surface area contributed by atoms with E-state index < -0.39 is 10.9 Å². The van der Waals surface area contributed by atoms with Crippen LogP contribution >= 0.6 is 0 Å². The molecule has 0 saturated heterocycles. The average Bonchev–Trinajstić information content (AvgIpc) is 2.14. The van der Waals surface area contributed by atoms with E-state index in [2.05, 4.69) is 0 Å². The zero-order valence-corrected chi connectivity index (χ0v) is 9.58. The second-order valence-electron chi connectivity index (χ2n) is 3.77. The van der Waals surface area contributed by atoms with E-state index in [1.165, 1.54) is 0 Å². The summed E-state index contributed by atoms with van der Waals surface area (Å²) in [4.78, 5) is 21.3. The first kappa shape index (κ1) is 12.2. The highest BCUT2D eigenvalue weighted by molar-refractivity contribution is 5.91. The van der Waals surface area contributed by atoms with Crippen LogP contribution in [0.15, 0.2) is 0 Å². The van der Waals surface area contributed by atoms with Crippen LogP contribution in [0.25, 0.3) is 0 Å². The van der Waals surface area contributed by atoms with Gasteiger partial charge in [-0.25, -0.2) is 0 Å². The van der Waals surface area contributed by atoms with Gasteiger partial charge in [-0.1, -0.05) is 0 Å². The first-order chi connectivity index (χ1) is 7.29. The van der Waals surface area contributed by atoms with Crippen LogP contribution in [-0.4, -0.2) is 10.9 Å². The molecule has 0 saturated carbocycles. The Morgan fingerprint density at radius 1 is 1.00 bits per heavy atom. The quantitative estimate of drug-likeness (QED) is 0.555. The van der Waals surface area contributed by atoms with E-state index in [0.29, 0.717) is 22.3 Å². The number of nitro groups is 1. The normalized spacial score (nSPS) is 10.2. The van der Waals surface area contributed by atoms with Gasteiger partial charge in [0.1, 0.15) is 0 Å². The highest BCUT2D eigenvalue weighted by atomic mass is 16.6. The minimum Gasteiger partial charge on any atom is -0.545 e. The predicted octanol–water partition coefficient (Wildman–Crippen LogP) is 1.19. The maximum atomic E-state index is 10.9. The van der Waals surface area contributed by atoms with Crippen LogP contribution in [0.4, 0.5) is 5.69 Å². The van der Waals surface area contributed by atoms with E-state index in [4.69, 9.17) is 0 Å². The fourth-order valence-corrected chi connectivity index (χ4v) is 1.87. The molecule has 0 bridgehead atoms. The summed E-state index contributed by atoms with van der Waals surface area (Å²) in [5.41, 5.74) is 1.60. The summed E-state index contributed by atoms with van der Waals surface area (Å²) in [6, 6.07) is 0. The summed E-state index contributed by atoms with van der Waals surface area (Å²) >= 11 is 0. The average molecular weight is 222 g/mol. The number of carboxylic acids is 1. The topological polar surface area (TPSA) is 83.3 Å². The fraction of sp³-hybridized carbons (Fsp3) is 0.364. The molecule has 0 amide bonds. The summed E-state index contributed by atoms with van der Waals surface area (Å²) in [6.45, 7) is 6.21. The first-order valence-corrected chi connectivity index (χ1v) is 4.75. The molecule has 1 aromatic rings. The van der Waals surface area contributed by atoms with E-state index >= 15 is 0 Å². The maximum Gasteiger partial charge on any atom is 0.275 e. The van der Waals surface area contributed by atoms with Gasteiger partial charge in [-0.05, 0) is 38.8 Å². The van der Waals surface area contributed by atoms with Crippen LogP contribution in [0.1, 0.15) is 32.6 Å². The SMILES string of the molecule is Cc1c(C)c([N+](=O)[O-])c(C)c(C)c1C(=O)[O-]. The number of carbonyl (C=O) groups excluding carboxylic acids is 1. The van der Waals surface area contributed by atoms with Crippen LogP contribution in [0.2, 0.25) is 0 Å². The number of aromatic carboxylic acids is 1. The zero-order chi connectivity index (χ0) is 12.6. The maximum absolute atomic E-state index is 10.9. The van der Waals surface area contributed by atoms with E-state index in [-0.39, 0.29) is 11.3 Å². The molecule has 0 N–H and O–H groups in total. The molecular weight excluding hydrogens is 210 g/mol. The Labute approximate surface area is 92.9 Å². The number of nitro benzene ring substituents is 1. The number of rotatable bonds is 2. The summed E-state index contributed by atoms with van der Waals surface area (Å²) in [5, 5.41) is 21.8. The van der Waals surface area contributed by atoms with Crippen molar-refractivity contribution in [3.8, 4) is 0 Å². The second kappa shape index (κ2) is 3.92. The number of hydrogen-bond acceptors (Lipinski definition) is 4. The molecule has 0 radical (unpaired) electrons. The zero-order valence-electron chi connectivity index (χ0n) is 9.58. The summed E-state index contributed by atoms with van der Waals surface area (Å²) in [5.74, 6) is -1.30. The molecule has 0 aliphatic rings. The van der Waals surface area contributed by atoms with Gasteiger partial charge in [-0.15, -0.1) is 0 Å².